The molecule has 0 saturated carbocycles. The van der Waals surface area contributed by atoms with Gasteiger partial charge in [0, 0.05) is 66.6 Å². The Hall–Kier alpha value is -2.90. The molecule has 1 atom stereocenters. The van der Waals surface area contributed by atoms with E-state index in [0.717, 1.165) is 42.2 Å². The van der Waals surface area contributed by atoms with Gasteiger partial charge in [0.25, 0.3) is 0 Å². The third kappa shape index (κ3) is 4.48. The lowest BCUT2D eigenvalue weighted by atomic mass is 9.86. The third-order valence-corrected chi connectivity index (χ3v) is 7.04. The van der Waals surface area contributed by atoms with E-state index in [0.29, 0.717) is 17.9 Å². The highest BCUT2D eigenvalue weighted by Crippen LogP contribution is 2.43. The quantitative estimate of drug-likeness (QED) is 0.557. The van der Waals surface area contributed by atoms with E-state index in [4.69, 9.17) is 14.5 Å². The molecular formula is C26H33N5O2. The van der Waals surface area contributed by atoms with Crippen LogP contribution in [0.1, 0.15) is 12.8 Å². The lowest BCUT2D eigenvalue weighted by Crippen LogP contribution is -2.29. The first-order chi connectivity index (χ1) is 16.1. The van der Waals surface area contributed by atoms with Crippen LogP contribution in [0.25, 0.3) is 22.2 Å². The molecule has 4 heterocycles. The molecule has 3 aromatic rings. The van der Waals surface area contributed by atoms with Crippen LogP contribution in [0, 0.1) is 5.41 Å². The van der Waals surface area contributed by atoms with Crippen LogP contribution in [0.2, 0.25) is 0 Å². The number of fused-ring (bicyclic) bond motifs is 1. The highest BCUT2D eigenvalue weighted by molar-refractivity contribution is 5.95. The molecule has 33 heavy (non-hydrogen) atoms. The number of aromatic nitrogens is 2. The first-order valence-electron chi connectivity index (χ1n) is 11.8. The van der Waals surface area contributed by atoms with Crippen LogP contribution in [0.4, 0.5) is 5.69 Å². The fraction of sp³-hybridized carbons (Fsp3) is 0.462. The Bertz CT molecular complexity index is 1120. The average Bonchev–Trinajstić information content (AvgIpc) is 3.43. The van der Waals surface area contributed by atoms with E-state index in [1.54, 1.807) is 7.11 Å². The van der Waals surface area contributed by atoms with Crippen molar-refractivity contribution >= 4 is 16.6 Å². The molecule has 7 nitrogen and oxygen atoms in total. The molecular weight excluding hydrogens is 414 g/mol. The van der Waals surface area contributed by atoms with E-state index >= 15 is 0 Å². The first kappa shape index (κ1) is 21.9. The largest absolute Gasteiger partial charge is 0.497 e. The second kappa shape index (κ2) is 9.15. The van der Waals surface area contributed by atoms with Gasteiger partial charge >= 0.3 is 0 Å². The molecule has 0 amide bonds. The van der Waals surface area contributed by atoms with Crippen LogP contribution in [0.15, 0.2) is 42.6 Å². The van der Waals surface area contributed by atoms with Gasteiger partial charge in [0.15, 0.2) is 0 Å². The minimum absolute atomic E-state index is 0.408. The van der Waals surface area contributed by atoms with Gasteiger partial charge in [-0.15, -0.1) is 0 Å². The van der Waals surface area contributed by atoms with Crippen LogP contribution in [-0.4, -0.2) is 75.4 Å². The number of pyridine rings is 2. The van der Waals surface area contributed by atoms with Gasteiger partial charge in [0.05, 0.1) is 18.3 Å². The van der Waals surface area contributed by atoms with Crippen molar-refractivity contribution in [3.05, 3.63) is 42.6 Å². The van der Waals surface area contributed by atoms with E-state index in [-0.39, 0.29) is 0 Å². The molecule has 1 spiro atoms. The van der Waals surface area contributed by atoms with Gasteiger partial charge in [-0.3, -0.25) is 0 Å². The summed E-state index contributed by atoms with van der Waals surface area (Å²) in [7, 11) is 5.84. The SMILES string of the molecule is CNCCOc1ccc(-c2cc(N3CCC4(CCN(C)C4)C3)c3ccc(OC)cc3n2)cn1. The highest BCUT2D eigenvalue weighted by atomic mass is 16.5. The summed E-state index contributed by atoms with van der Waals surface area (Å²) >= 11 is 0. The summed E-state index contributed by atoms with van der Waals surface area (Å²) in [6.45, 7) is 5.93. The summed E-state index contributed by atoms with van der Waals surface area (Å²) in [4.78, 5) is 14.5. The van der Waals surface area contributed by atoms with Crippen LogP contribution < -0.4 is 19.7 Å². The predicted molar refractivity (Wildman–Crippen MR) is 132 cm³/mol. The minimum Gasteiger partial charge on any atom is -0.497 e. The van der Waals surface area contributed by atoms with Crippen molar-refractivity contribution in [2.75, 3.05) is 65.4 Å². The lowest BCUT2D eigenvalue weighted by molar-refractivity contribution is 0.306. The molecule has 5 rings (SSSR count). The molecule has 2 fully saturated rings. The third-order valence-electron chi connectivity index (χ3n) is 7.04. The van der Waals surface area contributed by atoms with Crippen LogP contribution >= 0.6 is 0 Å². The Morgan fingerprint density at radius 3 is 2.70 bits per heavy atom. The van der Waals surface area contributed by atoms with Gasteiger partial charge in [-0.25, -0.2) is 9.97 Å². The zero-order chi connectivity index (χ0) is 22.8. The lowest BCUT2D eigenvalue weighted by Gasteiger charge is -2.26. The number of ether oxygens (including phenoxy) is 2. The summed E-state index contributed by atoms with van der Waals surface area (Å²) in [6, 6.07) is 12.4. The fourth-order valence-electron chi connectivity index (χ4n) is 5.23. The Morgan fingerprint density at radius 1 is 1.09 bits per heavy atom. The summed E-state index contributed by atoms with van der Waals surface area (Å²) in [5.41, 5.74) is 4.50. The molecule has 7 heteroatoms. The van der Waals surface area contributed by atoms with Crippen LogP contribution in [0.3, 0.4) is 0 Å². The van der Waals surface area contributed by atoms with Gasteiger partial charge in [-0.1, -0.05) is 0 Å². The van der Waals surface area contributed by atoms with Crippen LogP contribution in [0.5, 0.6) is 11.6 Å². The number of likely N-dealkylation sites (tertiary alicyclic amines) is 1. The van der Waals surface area contributed by atoms with Gasteiger partial charge in [0.2, 0.25) is 5.88 Å². The van der Waals surface area contributed by atoms with Gasteiger partial charge in [-0.05, 0) is 57.7 Å². The molecule has 2 aromatic heterocycles. The zero-order valence-corrected chi connectivity index (χ0v) is 19.8. The standard InChI is InChI=1S/C26H33N5O2/c1-27-10-13-33-25-7-4-19(16-28-25)22-15-24(21-6-5-20(32-3)14-23(21)29-22)31-12-9-26(18-31)8-11-30(2)17-26/h4-7,14-16,27H,8-13,17-18H2,1-3H3. The van der Waals surface area contributed by atoms with E-state index in [9.17, 15) is 0 Å². The number of hydrogen-bond donors (Lipinski definition) is 1. The van der Waals surface area contributed by atoms with Crippen molar-refractivity contribution in [2.45, 2.75) is 12.8 Å². The van der Waals surface area contributed by atoms with Crippen molar-refractivity contribution in [3.63, 3.8) is 0 Å². The molecule has 1 N–H and O–H groups in total. The Labute approximate surface area is 195 Å². The number of rotatable bonds is 7. The number of nitrogens with one attached hydrogen (secondary N) is 1. The second-order valence-corrected chi connectivity index (χ2v) is 9.41. The van der Waals surface area contributed by atoms with E-state index in [1.165, 1.54) is 37.0 Å². The monoisotopic (exact) mass is 447 g/mol. The van der Waals surface area contributed by atoms with Crippen molar-refractivity contribution in [3.8, 4) is 22.9 Å². The number of benzene rings is 1. The van der Waals surface area contributed by atoms with Crippen molar-refractivity contribution in [2.24, 2.45) is 5.41 Å². The molecule has 0 aliphatic carbocycles. The van der Waals surface area contributed by atoms with Gasteiger partial charge < -0.3 is 24.6 Å². The maximum absolute atomic E-state index is 5.68. The Kier molecular flexibility index (Phi) is 6.08. The number of anilines is 1. The molecule has 1 aromatic carbocycles. The molecule has 2 aliphatic rings. The summed E-state index contributed by atoms with van der Waals surface area (Å²) in [5.74, 6) is 1.45. The fourth-order valence-corrected chi connectivity index (χ4v) is 5.23. The Balaban J connectivity index is 1.49. The van der Waals surface area contributed by atoms with E-state index in [1.807, 2.05) is 37.5 Å². The van der Waals surface area contributed by atoms with Gasteiger partial charge in [-0.2, -0.15) is 0 Å². The minimum atomic E-state index is 0.408. The van der Waals surface area contributed by atoms with Gasteiger partial charge in [0.1, 0.15) is 12.4 Å². The van der Waals surface area contributed by atoms with Crippen molar-refractivity contribution in [1.29, 1.82) is 0 Å². The second-order valence-electron chi connectivity index (χ2n) is 9.41. The smallest absolute Gasteiger partial charge is 0.213 e. The Morgan fingerprint density at radius 2 is 1.97 bits per heavy atom. The summed E-state index contributed by atoms with van der Waals surface area (Å²) < 4.78 is 11.2. The maximum atomic E-state index is 5.68. The summed E-state index contributed by atoms with van der Waals surface area (Å²) in [6.07, 6.45) is 4.37. The number of likely N-dealkylation sites (N-methyl/N-ethyl adjacent to an activating group) is 1. The topological polar surface area (TPSA) is 62.8 Å². The molecule has 174 valence electrons. The van der Waals surface area contributed by atoms with Crippen LogP contribution in [-0.2, 0) is 0 Å². The van der Waals surface area contributed by atoms with E-state index < -0.39 is 0 Å². The normalized spacial score (nSPS) is 20.8. The van der Waals surface area contributed by atoms with Crippen molar-refractivity contribution < 1.29 is 9.47 Å². The number of nitrogens with zero attached hydrogens (tertiary/aromatic N) is 4. The van der Waals surface area contributed by atoms with E-state index in [2.05, 4.69) is 39.3 Å². The average molecular weight is 448 g/mol. The molecule has 1 unspecified atom stereocenters. The molecule has 2 aliphatic heterocycles. The number of hydrogen-bond acceptors (Lipinski definition) is 7. The molecule has 0 radical (unpaired) electrons. The summed E-state index contributed by atoms with van der Waals surface area (Å²) in [5, 5.41) is 4.24. The first-order valence-corrected chi connectivity index (χ1v) is 11.8. The highest BCUT2D eigenvalue weighted by Gasteiger charge is 2.42. The molecule has 2 saturated heterocycles. The van der Waals surface area contributed by atoms with Crippen molar-refractivity contribution in [1.82, 2.24) is 20.2 Å². The molecule has 0 bridgehead atoms. The predicted octanol–water partition coefficient (Wildman–Crippen LogP) is 3.44. The zero-order valence-electron chi connectivity index (χ0n) is 19.8. The maximum Gasteiger partial charge on any atom is 0.213 e. The number of methoxy groups -OCH3 is 1.